The molecule has 1 amide bonds. The average molecular weight is 234 g/mol. The van der Waals surface area contributed by atoms with Gasteiger partial charge in [-0.15, -0.1) is 0 Å². The van der Waals surface area contributed by atoms with E-state index in [1.54, 1.807) is 11.9 Å². The van der Waals surface area contributed by atoms with E-state index in [0.717, 1.165) is 0 Å². The summed E-state index contributed by atoms with van der Waals surface area (Å²) in [4.78, 5) is 13.1. The van der Waals surface area contributed by atoms with Gasteiger partial charge in [0.2, 0.25) is 5.91 Å². The molecule has 0 aromatic heterocycles. The molecular weight excluding hydrogens is 216 g/mol. The summed E-state index contributed by atoms with van der Waals surface area (Å²) in [6.45, 7) is 3.00. The van der Waals surface area contributed by atoms with Crippen LogP contribution in [0.5, 0.6) is 0 Å². The lowest BCUT2D eigenvalue weighted by atomic mass is 10.2. The van der Waals surface area contributed by atoms with Crippen LogP contribution in [-0.2, 0) is 14.6 Å². The number of hydrogen-bond donors (Lipinski definition) is 1. The summed E-state index contributed by atoms with van der Waals surface area (Å²) in [6, 6.07) is -0.217. The van der Waals surface area contributed by atoms with Gasteiger partial charge in [0.05, 0.1) is 11.5 Å². The van der Waals surface area contributed by atoms with E-state index in [4.69, 9.17) is 0 Å². The third-order valence-corrected chi connectivity index (χ3v) is 4.36. The molecule has 1 fully saturated rings. The van der Waals surface area contributed by atoms with Gasteiger partial charge in [-0.25, -0.2) is 8.42 Å². The second-order valence-electron chi connectivity index (χ2n) is 3.88. The van der Waals surface area contributed by atoms with Gasteiger partial charge in [0.15, 0.2) is 9.84 Å². The van der Waals surface area contributed by atoms with E-state index >= 15 is 0 Å². The number of nitrogens with one attached hydrogen (secondary N) is 1. The zero-order valence-corrected chi connectivity index (χ0v) is 10.0. The van der Waals surface area contributed by atoms with Crippen LogP contribution in [0.15, 0.2) is 0 Å². The Hall–Kier alpha value is -0.620. The topological polar surface area (TPSA) is 66.5 Å². The predicted octanol–water partition coefficient (Wildman–Crippen LogP) is -0.759. The van der Waals surface area contributed by atoms with Crippen LogP contribution in [0.4, 0.5) is 0 Å². The van der Waals surface area contributed by atoms with Gasteiger partial charge in [-0.3, -0.25) is 4.79 Å². The van der Waals surface area contributed by atoms with Gasteiger partial charge in [0, 0.05) is 32.6 Å². The van der Waals surface area contributed by atoms with Gasteiger partial charge in [-0.2, -0.15) is 0 Å². The SMILES string of the molecule is CCN(C)C(=O)CC1CS(=O)(=O)CCN1. The average Bonchev–Trinajstić information content (AvgIpc) is 2.14. The Balaban J connectivity index is 2.49. The summed E-state index contributed by atoms with van der Waals surface area (Å²) in [5, 5.41) is 3.06. The molecule has 88 valence electrons. The number of rotatable bonds is 3. The van der Waals surface area contributed by atoms with Crippen molar-refractivity contribution in [2.24, 2.45) is 0 Å². The van der Waals surface area contributed by atoms with E-state index in [2.05, 4.69) is 5.32 Å². The van der Waals surface area contributed by atoms with Gasteiger partial charge in [0.1, 0.15) is 0 Å². The maximum atomic E-state index is 11.5. The number of carbonyl (C=O) groups is 1. The van der Waals surface area contributed by atoms with Crippen molar-refractivity contribution in [1.82, 2.24) is 10.2 Å². The van der Waals surface area contributed by atoms with E-state index in [1.807, 2.05) is 6.92 Å². The molecule has 1 aliphatic heterocycles. The molecule has 15 heavy (non-hydrogen) atoms. The zero-order chi connectivity index (χ0) is 11.5. The molecule has 0 aliphatic carbocycles. The summed E-state index contributed by atoms with van der Waals surface area (Å²) in [6.07, 6.45) is 0.267. The summed E-state index contributed by atoms with van der Waals surface area (Å²) < 4.78 is 22.6. The van der Waals surface area contributed by atoms with Crippen molar-refractivity contribution in [3.63, 3.8) is 0 Å². The fourth-order valence-corrected chi connectivity index (χ4v) is 2.99. The maximum Gasteiger partial charge on any atom is 0.223 e. The van der Waals surface area contributed by atoms with E-state index in [9.17, 15) is 13.2 Å². The quantitative estimate of drug-likeness (QED) is 0.697. The lowest BCUT2D eigenvalue weighted by Gasteiger charge is -2.25. The van der Waals surface area contributed by atoms with Crippen LogP contribution in [0.25, 0.3) is 0 Å². The molecular formula is C9H18N2O3S. The Morgan fingerprint density at radius 1 is 1.53 bits per heavy atom. The van der Waals surface area contributed by atoms with Crippen LogP contribution in [-0.4, -0.2) is 56.9 Å². The van der Waals surface area contributed by atoms with Gasteiger partial charge in [-0.05, 0) is 6.92 Å². The Bertz CT molecular complexity index is 326. The molecule has 0 bridgehead atoms. The minimum atomic E-state index is -2.94. The molecule has 0 radical (unpaired) electrons. The van der Waals surface area contributed by atoms with Crippen LogP contribution in [0.2, 0.25) is 0 Å². The third kappa shape index (κ3) is 3.79. The molecule has 1 heterocycles. The number of carbonyl (C=O) groups excluding carboxylic acids is 1. The molecule has 5 nitrogen and oxygen atoms in total. The van der Waals surface area contributed by atoms with Crippen molar-refractivity contribution in [2.75, 3.05) is 31.6 Å². The highest BCUT2D eigenvalue weighted by Gasteiger charge is 2.26. The molecule has 1 saturated heterocycles. The summed E-state index contributed by atoms with van der Waals surface area (Å²) in [7, 11) is -1.22. The molecule has 0 aromatic carbocycles. The highest BCUT2D eigenvalue weighted by molar-refractivity contribution is 7.91. The highest BCUT2D eigenvalue weighted by atomic mass is 32.2. The maximum absolute atomic E-state index is 11.5. The van der Waals surface area contributed by atoms with Crippen molar-refractivity contribution < 1.29 is 13.2 Å². The Morgan fingerprint density at radius 2 is 2.20 bits per heavy atom. The standard InChI is InChI=1S/C9H18N2O3S/c1-3-11(2)9(12)6-8-7-15(13,14)5-4-10-8/h8,10H,3-7H2,1-2H3. The number of amides is 1. The predicted molar refractivity (Wildman–Crippen MR) is 58.4 cm³/mol. The van der Waals surface area contributed by atoms with E-state index in [0.29, 0.717) is 13.1 Å². The molecule has 0 saturated carbocycles. The molecule has 1 aliphatic rings. The fourth-order valence-electron chi connectivity index (χ4n) is 1.54. The second-order valence-corrected chi connectivity index (χ2v) is 6.11. The van der Waals surface area contributed by atoms with Crippen LogP contribution in [0.3, 0.4) is 0 Å². The molecule has 1 unspecified atom stereocenters. The first kappa shape index (κ1) is 12.4. The van der Waals surface area contributed by atoms with Gasteiger partial charge < -0.3 is 10.2 Å². The molecule has 1 rings (SSSR count). The molecule has 1 atom stereocenters. The van der Waals surface area contributed by atoms with Crippen molar-refractivity contribution in [3.05, 3.63) is 0 Å². The summed E-state index contributed by atoms with van der Waals surface area (Å²) in [5.41, 5.74) is 0. The minimum absolute atomic E-state index is 0.00731. The first-order valence-electron chi connectivity index (χ1n) is 5.12. The third-order valence-electron chi connectivity index (χ3n) is 2.62. The number of sulfone groups is 1. The highest BCUT2D eigenvalue weighted by Crippen LogP contribution is 2.06. The molecule has 6 heteroatoms. The lowest BCUT2D eigenvalue weighted by Crippen LogP contribution is -2.47. The van der Waals surface area contributed by atoms with E-state index in [-0.39, 0.29) is 29.9 Å². The minimum Gasteiger partial charge on any atom is -0.346 e. The monoisotopic (exact) mass is 234 g/mol. The Morgan fingerprint density at radius 3 is 2.73 bits per heavy atom. The summed E-state index contributed by atoms with van der Waals surface area (Å²) in [5.74, 6) is 0.254. The smallest absolute Gasteiger partial charge is 0.223 e. The van der Waals surface area contributed by atoms with Gasteiger partial charge in [-0.1, -0.05) is 0 Å². The van der Waals surface area contributed by atoms with Crippen molar-refractivity contribution >= 4 is 15.7 Å². The van der Waals surface area contributed by atoms with Crippen molar-refractivity contribution in [2.45, 2.75) is 19.4 Å². The summed E-state index contributed by atoms with van der Waals surface area (Å²) >= 11 is 0. The van der Waals surface area contributed by atoms with Crippen LogP contribution < -0.4 is 5.32 Å². The number of hydrogen-bond acceptors (Lipinski definition) is 4. The number of nitrogens with zero attached hydrogens (tertiary/aromatic N) is 1. The van der Waals surface area contributed by atoms with E-state index < -0.39 is 9.84 Å². The van der Waals surface area contributed by atoms with Crippen LogP contribution in [0.1, 0.15) is 13.3 Å². The molecule has 0 aromatic rings. The Kier molecular flexibility index (Phi) is 4.10. The van der Waals surface area contributed by atoms with Gasteiger partial charge >= 0.3 is 0 Å². The van der Waals surface area contributed by atoms with Crippen molar-refractivity contribution in [1.29, 1.82) is 0 Å². The largest absolute Gasteiger partial charge is 0.346 e. The second kappa shape index (κ2) is 4.94. The molecule has 1 N–H and O–H groups in total. The van der Waals surface area contributed by atoms with Gasteiger partial charge in [0.25, 0.3) is 0 Å². The lowest BCUT2D eigenvalue weighted by molar-refractivity contribution is -0.130. The van der Waals surface area contributed by atoms with Crippen LogP contribution in [0, 0.1) is 0 Å². The normalized spacial score (nSPS) is 24.8. The first-order chi connectivity index (χ1) is 6.94. The molecule has 0 spiro atoms. The fraction of sp³-hybridized carbons (Fsp3) is 0.889. The Labute approximate surface area is 90.7 Å². The zero-order valence-electron chi connectivity index (χ0n) is 9.19. The van der Waals surface area contributed by atoms with Crippen LogP contribution >= 0.6 is 0 Å². The van der Waals surface area contributed by atoms with E-state index in [1.165, 1.54) is 0 Å². The van der Waals surface area contributed by atoms with Crippen molar-refractivity contribution in [3.8, 4) is 0 Å². The first-order valence-corrected chi connectivity index (χ1v) is 6.94.